The molecule has 0 nitrogen and oxygen atoms in total. The molecule has 0 saturated heterocycles. The predicted octanol–water partition coefficient (Wildman–Crippen LogP) is 3.00. The summed E-state index contributed by atoms with van der Waals surface area (Å²) < 4.78 is 0. The Morgan fingerprint density at radius 1 is 1.22 bits per heavy atom. The van der Waals surface area contributed by atoms with Gasteiger partial charge >= 0.3 is 0 Å². The van der Waals surface area contributed by atoms with Crippen LogP contribution in [0.15, 0.2) is 11.1 Å². The molecule has 2 atom stereocenters. The molecule has 52 valence electrons. The van der Waals surface area contributed by atoms with Crippen LogP contribution in [-0.4, -0.2) is 0 Å². The maximum atomic E-state index is 2.34. The number of hydrogen-bond acceptors (Lipinski definition) is 0. The van der Waals surface area contributed by atoms with Crippen LogP contribution in [-0.2, 0) is 0 Å². The van der Waals surface area contributed by atoms with Crippen LogP contribution in [0.4, 0.5) is 0 Å². The second-order valence-corrected chi connectivity index (χ2v) is 3.43. The highest BCUT2D eigenvalue weighted by Crippen LogP contribution is 2.35. The van der Waals surface area contributed by atoms with Gasteiger partial charge in [-0.1, -0.05) is 25.0 Å². The molecule has 1 unspecified atom stereocenters. The summed E-state index contributed by atoms with van der Waals surface area (Å²) in [6, 6.07) is 0. The van der Waals surface area contributed by atoms with E-state index in [0.29, 0.717) is 0 Å². The van der Waals surface area contributed by atoms with Gasteiger partial charge in [0, 0.05) is 0 Å². The van der Waals surface area contributed by atoms with Crippen LogP contribution in [0.1, 0.15) is 34.1 Å². The van der Waals surface area contributed by atoms with Gasteiger partial charge in [-0.15, -0.1) is 0 Å². The SMILES string of the molecule is CC1=C(C)C(C)[C@H](C)C1. The van der Waals surface area contributed by atoms with E-state index in [1.165, 1.54) is 6.42 Å². The third kappa shape index (κ3) is 1.03. The second kappa shape index (κ2) is 2.17. The highest BCUT2D eigenvalue weighted by Gasteiger charge is 2.22. The third-order valence-corrected chi connectivity index (χ3v) is 2.84. The van der Waals surface area contributed by atoms with Gasteiger partial charge in [0.05, 0.1) is 0 Å². The van der Waals surface area contributed by atoms with Crippen molar-refractivity contribution in [2.24, 2.45) is 11.8 Å². The summed E-state index contributed by atoms with van der Waals surface area (Å²) in [5, 5.41) is 0. The monoisotopic (exact) mass is 124 g/mol. The summed E-state index contributed by atoms with van der Waals surface area (Å²) in [5.41, 5.74) is 3.25. The van der Waals surface area contributed by atoms with E-state index >= 15 is 0 Å². The van der Waals surface area contributed by atoms with Gasteiger partial charge in [0.25, 0.3) is 0 Å². The maximum Gasteiger partial charge on any atom is -0.0203 e. The normalized spacial score (nSPS) is 36.0. The molecular formula is C9H16. The van der Waals surface area contributed by atoms with E-state index in [0.717, 1.165) is 11.8 Å². The molecule has 0 aliphatic heterocycles. The van der Waals surface area contributed by atoms with Crippen molar-refractivity contribution in [2.75, 3.05) is 0 Å². The fourth-order valence-corrected chi connectivity index (χ4v) is 1.64. The summed E-state index contributed by atoms with van der Waals surface area (Å²) in [6.45, 7) is 9.19. The fraction of sp³-hybridized carbons (Fsp3) is 0.778. The van der Waals surface area contributed by atoms with Gasteiger partial charge in [-0.25, -0.2) is 0 Å². The molecule has 1 rings (SSSR count). The molecular weight excluding hydrogens is 108 g/mol. The summed E-state index contributed by atoms with van der Waals surface area (Å²) in [5.74, 6) is 1.73. The molecule has 0 spiro atoms. The van der Waals surface area contributed by atoms with E-state index in [-0.39, 0.29) is 0 Å². The van der Waals surface area contributed by atoms with Crippen LogP contribution in [0.2, 0.25) is 0 Å². The van der Waals surface area contributed by atoms with Gasteiger partial charge in [-0.05, 0) is 32.1 Å². The Kier molecular flexibility index (Phi) is 1.65. The molecule has 0 aromatic heterocycles. The van der Waals surface area contributed by atoms with Crippen molar-refractivity contribution in [1.82, 2.24) is 0 Å². The van der Waals surface area contributed by atoms with Crippen LogP contribution in [0.3, 0.4) is 0 Å². The molecule has 1 aliphatic carbocycles. The van der Waals surface area contributed by atoms with E-state index in [1.807, 2.05) is 0 Å². The zero-order chi connectivity index (χ0) is 7.02. The number of rotatable bonds is 0. The van der Waals surface area contributed by atoms with Crippen LogP contribution < -0.4 is 0 Å². The quantitative estimate of drug-likeness (QED) is 0.435. The molecule has 0 aromatic carbocycles. The molecule has 0 heteroatoms. The Bertz CT molecular complexity index is 142. The van der Waals surface area contributed by atoms with Gasteiger partial charge < -0.3 is 0 Å². The highest BCUT2D eigenvalue weighted by molar-refractivity contribution is 5.19. The van der Waals surface area contributed by atoms with E-state index in [1.54, 1.807) is 11.1 Å². The first kappa shape index (κ1) is 6.85. The average molecular weight is 124 g/mol. The van der Waals surface area contributed by atoms with E-state index in [2.05, 4.69) is 27.7 Å². The first-order valence-corrected chi connectivity index (χ1v) is 3.79. The van der Waals surface area contributed by atoms with Crippen molar-refractivity contribution in [1.29, 1.82) is 0 Å². The minimum Gasteiger partial charge on any atom is -0.0738 e. The fourth-order valence-electron chi connectivity index (χ4n) is 1.64. The highest BCUT2D eigenvalue weighted by atomic mass is 14.3. The van der Waals surface area contributed by atoms with E-state index in [4.69, 9.17) is 0 Å². The lowest BCUT2D eigenvalue weighted by Crippen LogP contribution is -2.00. The lowest BCUT2D eigenvalue weighted by Gasteiger charge is -2.09. The molecule has 9 heavy (non-hydrogen) atoms. The molecule has 0 aromatic rings. The average Bonchev–Trinajstić information content (AvgIpc) is 1.98. The van der Waals surface area contributed by atoms with Crippen molar-refractivity contribution < 1.29 is 0 Å². The predicted molar refractivity (Wildman–Crippen MR) is 41.3 cm³/mol. The minimum atomic E-state index is 0.838. The molecule has 0 N–H and O–H groups in total. The standard InChI is InChI=1S/C9H16/c1-6-5-7(2)9(4)8(6)3/h6,8H,5H2,1-4H3/t6-,8?/m1/s1. The van der Waals surface area contributed by atoms with Gasteiger partial charge in [-0.2, -0.15) is 0 Å². The second-order valence-electron chi connectivity index (χ2n) is 3.43. The van der Waals surface area contributed by atoms with Crippen molar-refractivity contribution in [3.63, 3.8) is 0 Å². The van der Waals surface area contributed by atoms with Crippen molar-refractivity contribution in [3.8, 4) is 0 Å². The summed E-state index contributed by atoms with van der Waals surface area (Å²) >= 11 is 0. The Balaban J connectivity index is 2.74. The Morgan fingerprint density at radius 2 is 1.78 bits per heavy atom. The van der Waals surface area contributed by atoms with Crippen molar-refractivity contribution >= 4 is 0 Å². The zero-order valence-electron chi connectivity index (χ0n) is 6.86. The van der Waals surface area contributed by atoms with Crippen LogP contribution in [0.5, 0.6) is 0 Å². The first-order chi connectivity index (χ1) is 4.13. The Labute approximate surface area is 58.0 Å². The van der Waals surface area contributed by atoms with Gasteiger partial charge in [0.1, 0.15) is 0 Å². The summed E-state index contributed by atoms with van der Waals surface area (Å²) in [4.78, 5) is 0. The third-order valence-electron chi connectivity index (χ3n) is 2.84. The van der Waals surface area contributed by atoms with Crippen molar-refractivity contribution in [3.05, 3.63) is 11.1 Å². The number of hydrogen-bond donors (Lipinski definition) is 0. The maximum absolute atomic E-state index is 2.34. The molecule has 0 saturated carbocycles. The Hall–Kier alpha value is -0.260. The van der Waals surface area contributed by atoms with Crippen LogP contribution in [0, 0.1) is 11.8 Å². The molecule has 0 amide bonds. The van der Waals surface area contributed by atoms with Crippen LogP contribution in [0.25, 0.3) is 0 Å². The largest absolute Gasteiger partial charge is 0.0738 e. The number of allylic oxidation sites excluding steroid dienone is 2. The molecule has 1 aliphatic rings. The minimum absolute atomic E-state index is 0.838. The Morgan fingerprint density at radius 3 is 1.89 bits per heavy atom. The van der Waals surface area contributed by atoms with Gasteiger partial charge in [-0.3, -0.25) is 0 Å². The first-order valence-electron chi connectivity index (χ1n) is 3.79. The topological polar surface area (TPSA) is 0 Å². The smallest absolute Gasteiger partial charge is 0.0203 e. The molecule has 0 radical (unpaired) electrons. The van der Waals surface area contributed by atoms with Gasteiger partial charge in [0.2, 0.25) is 0 Å². The van der Waals surface area contributed by atoms with Crippen LogP contribution >= 0.6 is 0 Å². The lowest BCUT2D eigenvalue weighted by molar-refractivity contribution is 0.479. The summed E-state index contributed by atoms with van der Waals surface area (Å²) in [6.07, 6.45) is 1.33. The molecule has 0 heterocycles. The molecule has 0 bridgehead atoms. The van der Waals surface area contributed by atoms with E-state index < -0.39 is 0 Å². The lowest BCUT2D eigenvalue weighted by atomic mass is 9.96. The summed E-state index contributed by atoms with van der Waals surface area (Å²) in [7, 11) is 0. The molecule has 0 fully saturated rings. The van der Waals surface area contributed by atoms with Crippen molar-refractivity contribution in [2.45, 2.75) is 34.1 Å². The van der Waals surface area contributed by atoms with Gasteiger partial charge in [0.15, 0.2) is 0 Å². The zero-order valence-corrected chi connectivity index (χ0v) is 6.86. The van der Waals surface area contributed by atoms with E-state index in [9.17, 15) is 0 Å².